The summed E-state index contributed by atoms with van der Waals surface area (Å²) in [6.07, 6.45) is 7.38. The van der Waals surface area contributed by atoms with Crippen LogP contribution in [0, 0.1) is 27.9 Å². The molecule has 2 N–H and O–H groups in total. The molecule has 6 rings (SSSR count). The number of anilines is 1. The highest BCUT2D eigenvalue weighted by atomic mass is 32.2. The van der Waals surface area contributed by atoms with Crippen LogP contribution in [0.5, 0.6) is 0 Å². The SMILES string of the molecule is O=C(Nc1ccccc1Sc1ccc([N+](=O)[O-])cc1)NC12CC3CC(CC(C3)C1)C2. The lowest BCUT2D eigenvalue weighted by atomic mass is 9.53. The number of amides is 2. The molecule has 6 nitrogen and oxygen atoms in total. The van der Waals surface area contributed by atoms with E-state index >= 15 is 0 Å². The van der Waals surface area contributed by atoms with E-state index in [1.165, 1.54) is 43.2 Å². The summed E-state index contributed by atoms with van der Waals surface area (Å²) in [4.78, 5) is 25.2. The van der Waals surface area contributed by atoms with E-state index in [1.54, 1.807) is 12.1 Å². The highest BCUT2D eigenvalue weighted by molar-refractivity contribution is 7.99. The lowest BCUT2D eigenvalue weighted by Crippen LogP contribution is -2.60. The molecule has 2 aromatic carbocycles. The number of rotatable bonds is 5. The Morgan fingerprint density at radius 1 is 0.967 bits per heavy atom. The van der Waals surface area contributed by atoms with E-state index in [0.717, 1.165) is 52.5 Å². The number of nitrogens with one attached hydrogen (secondary N) is 2. The third kappa shape index (κ3) is 3.90. The number of carbonyl (C=O) groups is 1. The first-order chi connectivity index (χ1) is 14.5. The summed E-state index contributed by atoms with van der Waals surface area (Å²) in [5.41, 5.74) is 0.794. The monoisotopic (exact) mass is 423 g/mol. The van der Waals surface area contributed by atoms with E-state index in [2.05, 4.69) is 10.6 Å². The smallest absolute Gasteiger partial charge is 0.319 e. The topological polar surface area (TPSA) is 84.3 Å². The van der Waals surface area contributed by atoms with Gasteiger partial charge in [-0.3, -0.25) is 10.1 Å². The van der Waals surface area contributed by atoms with Gasteiger partial charge >= 0.3 is 6.03 Å². The second kappa shape index (κ2) is 7.61. The highest BCUT2D eigenvalue weighted by Gasteiger charge is 2.51. The van der Waals surface area contributed by atoms with Gasteiger partial charge in [-0.05, 0) is 80.5 Å². The van der Waals surface area contributed by atoms with Gasteiger partial charge in [0.15, 0.2) is 0 Å². The maximum absolute atomic E-state index is 12.9. The van der Waals surface area contributed by atoms with Crippen LogP contribution in [0.25, 0.3) is 0 Å². The molecule has 4 bridgehead atoms. The van der Waals surface area contributed by atoms with E-state index in [9.17, 15) is 14.9 Å². The van der Waals surface area contributed by atoms with Crippen LogP contribution in [0.2, 0.25) is 0 Å². The number of benzene rings is 2. The number of nitro groups is 1. The zero-order chi connectivity index (χ0) is 20.7. The van der Waals surface area contributed by atoms with Crippen molar-refractivity contribution in [3.05, 3.63) is 58.6 Å². The molecule has 0 spiro atoms. The van der Waals surface area contributed by atoms with Crippen molar-refractivity contribution >= 4 is 29.2 Å². The predicted molar refractivity (Wildman–Crippen MR) is 117 cm³/mol. The zero-order valence-electron chi connectivity index (χ0n) is 16.7. The number of carbonyl (C=O) groups excluding carboxylic acids is 1. The minimum absolute atomic E-state index is 0.0285. The van der Waals surface area contributed by atoms with Crippen LogP contribution in [-0.4, -0.2) is 16.5 Å². The Balaban J connectivity index is 1.27. The Labute approximate surface area is 180 Å². The van der Waals surface area contributed by atoms with Gasteiger partial charge in [0.25, 0.3) is 5.69 Å². The van der Waals surface area contributed by atoms with E-state index < -0.39 is 4.92 Å². The molecule has 0 aromatic heterocycles. The third-order valence-corrected chi connectivity index (χ3v) is 7.91. The molecule has 4 aliphatic carbocycles. The van der Waals surface area contributed by atoms with Crippen molar-refractivity contribution in [3.63, 3.8) is 0 Å². The maximum Gasteiger partial charge on any atom is 0.319 e. The number of nitrogens with zero attached hydrogens (tertiary/aromatic N) is 1. The number of nitro benzene ring substituents is 1. The lowest BCUT2D eigenvalue weighted by molar-refractivity contribution is -0.384. The second-order valence-electron chi connectivity index (χ2n) is 9.13. The summed E-state index contributed by atoms with van der Waals surface area (Å²) in [5, 5.41) is 17.3. The van der Waals surface area contributed by atoms with Crippen molar-refractivity contribution in [2.24, 2.45) is 17.8 Å². The van der Waals surface area contributed by atoms with Crippen LogP contribution >= 0.6 is 11.8 Å². The number of para-hydroxylation sites is 1. The van der Waals surface area contributed by atoms with E-state index in [-0.39, 0.29) is 17.3 Å². The van der Waals surface area contributed by atoms with Gasteiger partial charge in [0.1, 0.15) is 0 Å². The molecule has 4 saturated carbocycles. The van der Waals surface area contributed by atoms with Crippen molar-refractivity contribution in [2.75, 3.05) is 5.32 Å². The molecule has 4 aliphatic rings. The van der Waals surface area contributed by atoms with Crippen LogP contribution in [0.4, 0.5) is 16.2 Å². The first kappa shape index (κ1) is 19.4. The Morgan fingerprint density at radius 2 is 1.57 bits per heavy atom. The standard InChI is InChI=1S/C23H25N3O3S/c27-22(25-23-12-15-9-16(13-23)11-17(10-15)14-23)24-20-3-1-2-4-21(20)30-19-7-5-18(6-8-19)26(28)29/h1-8,15-17H,9-14H2,(H2,24,25,27). The van der Waals surface area contributed by atoms with E-state index in [4.69, 9.17) is 0 Å². The number of hydrogen-bond acceptors (Lipinski definition) is 4. The normalized spacial score (nSPS) is 28.9. The van der Waals surface area contributed by atoms with Crippen LogP contribution in [0.3, 0.4) is 0 Å². The fourth-order valence-electron chi connectivity index (χ4n) is 6.08. The minimum Gasteiger partial charge on any atom is -0.332 e. The van der Waals surface area contributed by atoms with Crippen LogP contribution in [-0.2, 0) is 0 Å². The van der Waals surface area contributed by atoms with Crippen LogP contribution < -0.4 is 10.6 Å². The molecule has 0 saturated heterocycles. The second-order valence-corrected chi connectivity index (χ2v) is 10.2. The summed E-state index contributed by atoms with van der Waals surface area (Å²) >= 11 is 1.48. The molecule has 0 heterocycles. The fraction of sp³-hybridized carbons (Fsp3) is 0.435. The van der Waals surface area contributed by atoms with Crippen molar-refractivity contribution in [2.45, 2.75) is 53.9 Å². The van der Waals surface area contributed by atoms with Crippen LogP contribution in [0.15, 0.2) is 58.3 Å². The number of hydrogen-bond donors (Lipinski definition) is 2. The summed E-state index contributed by atoms with van der Waals surface area (Å²) in [6, 6.07) is 14.0. The van der Waals surface area contributed by atoms with Gasteiger partial charge in [0, 0.05) is 27.5 Å². The molecule has 0 radical (unpaired) electrons. The van der Waals surface area contributed by atoms with Gasteiger partial charge in [0.2, 0.25) is 0 Å². The predicted octanol–water partition coefficient (Wildman–Crippen LogP) is 5.84. The van der Waals surface area contributed by atoms with Crippen molar-refractivity contribution in [1.29, 1.82) is 0 Å². The Morgan fingerprint density at radius 3 is 2.17 bits per heavy atom. The molecule has 0 atom stereocenters. The van der Waals surface area contributed by atoms with Gasteiger partial charge in [-0.1, -0.05) is 23.9 Å². The maximum atomic E-state index is 12.9. The fourth-order valence-corrected chi connectivity index (χ4v) is 6.98. The van der Waals surface area contributed by atoms with Crippen molar-refractivity contribution < 1.29 is 9.72 Å². The lowest BCUT2D eigenvalue weighted by Gasteiger charge is -2.56. The molecular formula is C23H25N3O3S. The number of urea groups is 1. The zero-order valence-corrected chi connectivity index (χ0v) is 17.5. The number of non-ortho nitro benzene ring substituents is 1. The third-order valence-electron chi connectivity index (χ3n) is 6.83. The molecule has 0 aliphatic heterocycles. The Kier molecular flexibility index (Phi) is 4.93. The van der Waals surface area contributed by atoms with E-state index in [0.29, 0.717) is 0 Å². The van der Waals surface area contributed by atoms with E-state index in [1.807, 2.05) is 24.3 Å². The molecule has 7 heteroatoms. The summed E-state index contributed by atoms with van der Waals surface area (Å²) in [7, 11) is 0. The first-order valence-electron chi connectivity index (χ1n) is 10.6. The summed E-state index contributed by atoms with van der Waals surface area (Å²) < 4.78 is 0. The van der Waals surface area contributed by atoms with Crippen LogP contribution in [0.1, 0.15) is 38.5 Å². The Hall–Kier alpha value is -2.54. The molecule has 2 aromatic rings. The highest BCUT2D eigenvalue weighted by Crippen LogP contribution is 2.55. The van der Waals surface area contributed by atoms with Gasteiger partial charge in [-0.15, -0.1) is 0 Å². The molecule has 2 amide bonds. The van der Waals surface area contributed by atoms with Crippen molar-refractivity contribution in [3.8, 4) is 0 Å². The molecule has 0 unspecified atom stereocenters. The van der Waals surface area contributed by atoms with Crippen molar-refractivity contribution in [1.82, 2.24) is 5.32 Å². The minimum atomic E-state index is -0.404. The average Bonchev–Trinajstić information content (AvgIpc) is 2.68. The summed E-state index contributed by atoms with van der Waals surface area (Å²) in [5.74, 6) is 2.34. The Bertz CT molecular complexity index is 941. The molecule has 30 heavy (non-hydrogen) atoms. The largest absolute Gasteiger partial charge is 0.332 e. The average molecular weight is 424 g/mol. The quantitative estimate of drug-likeness (QED) is 0.468. The van der Waals surface area contributed by atoms with Gasteiger partial charge in [-0.25, -0.2) is 4.79 Å². The van der Waals surface area contributed by atoms with Gasteiger partial charge in [0.05, 0.1) is 10.6 Å². The van der Waals surface area contributed by atoms with Gasteiger partial charge in [-0.2, -0.15) is 0 Å². The first-order valence-corrected chi connectivity index (χ1v) is 11.4. The summed E-state index contributed by atoms with van der Waals surface area (Å²) in [6.45, 7) is 0. The molecular weight excluding hydrogens is 398 g/mol. The molecule has 156 valence electrons. The molecule has 4 fully saturated rings. The van der Waals surface area contributed by atoms with Gasteiger partial charge < -0.3 is 10.6 Å².